The van der Waals surface area contributed by atoms with Gasteiger partial charge in [0.25, 0.3) is 10.0 Å². The van der Waals surface area contributed by atoms with Crippen LogP contribution < -0.4 is 9.62 Å². The van der Waals surface area contributed by atoms with Crippen LogP contribution in [0.5, 0.6) is 0 Å². The molecule has 0 aliphatic rings. The van der Waals surface area contributed by atoms with E-state index in [1.54, 1.807) is 42.5 Å². The van der Waals surface area contributed by atoms with E-state index in [4.69, 9.17) is 0 Å². The topological polar surface area (TPSA) is 86.8 Å². The van der Waals surface area contributed by atoms with Gasteiger partial charge in [0.1, 0.15) is 12.6 Å². The fourth-order valence-electron chi connectivity index (χ4n) is 3.94. The second-order valence-corrected chi connectivity index (χ2v) is 10.6. The van der Waals surface area contributed by atoms with Crippen molar-refractivity contribution in [2.75, 3.05) is 17.9 Å². The van der Waals surface area contributed by atoms with Crippen molar-refractivity contribution in [2.24, 2.45) is 0 Å². The molecule has 0 unspecified atom stereocenters. The molecule has 0 aromatic heterocycles. The van der Waals surface area contributed by atoms with Gasteiger partial charge in [-0.05, 0) is 50.1 Å². The maximum atomic E-state index is 13.8. The molecule has 7 nitrogen and oxygen atoms in total. The average Bonchev–Trinajstić information content (AvgIpc) is 2.88. The van der Waals surface area contributed by atoms with Crippen LogP contribution >= 0.6 is 0 Å². The van der Waals surface area contributed by atoms with Crippen LogP contribution in [0.4, 0.5) is 5.69 Å². The molecular formula is C28H33N3O4S. The van der Waals surface area contributed by atoms with Crippen molar-refractivity contribution in [2.45, 2.75) is 44.7 Å². The largest absolute Gasteiger partial charge is 0.357 e. The summed E-state index contributed by atoms with van der Waals surface area (Å²) < 4.78 is 28.5. The third-order valence-corrected chi connectivity index (χ3v) is 7.83. The van der Waals surface area contributed by atoms with Gasteiger partial charge in [0.15, 0.2) is 0 Å². The maximum absolute atomic E-state index is 13.8. The molecule has 0 radical (unpaired) electrons. The molecule has 0 aliphatic heterocycles. The monoisotopic (exact) mass is 507 g/mol. The van der Waals surface area contributed by atoms with Crippen LogP contribution in [0, 0.1) is 13.8 Å². The zero-order valence-corrected chi connectivity index (χ0v) is 22.0. The zero-order valence-electron chi connectivity index (χ0n) is 21.1. The van der Waals surface area contributed by atoms with E-state index in [9.17, 15) is 18.0 Å². The number of carbonyl (C=O) groups excluding carboxylic acids is 2. The van der Waals surface area contributed by atoms with E-state index >= 15 is 0 Å². The highest BCUT2D eigenvalue weighted by atomic mass is 32.2. The maximum Gasteiger partial charge on any atom is 0.264 e. The Balaban J connectivity index is 2.02. The van der Waals surface area contributed by atoms with E-state index in [0.717, 1.165) is 21.0 Å². The summed E-state index contributed by atoms with van der Waals surface area (Å²) in [6, 6.07) is 22.0. The van der Waals surface area contributed by atoms with Crippen molar-refractivity contribution in [3.8, 4) is 0 Å². The molecule has 0 saturated carbocycles. The molecule has 190 valence electrons. The van der Waals surface area contributed by atoms with Crippen LogP contribution in [0.3, 0.4) is 0 Å². The van der Waals surface area contributed by atoms with Gasteiger partial charge in [-0.3, -0.25) is 13.9 Å². The summed E-state index contributed by atoms with van der Waals surface area (Å²) in [7, 11) is -2.53. The summed E-state index contributed by atoms with van der Waals surface area (Å²) in [5, 5.41) is 2.63. The second-order valence-electron chi connectivity index (χ2n) is 8.71. The quantitative estimate of drug-likeness (QED) is 0.449. The Labute approximate surface area is 213 Å². The Morgan fingerprint density at radius 3 is 1.94 bits per heavy atom. The van der Waals surface area contributed by atoms with Crippen molar-refractivity contribution in [3.63, 3.8) is 0 Å². The standard InChI is InChI=1S/C28H33N3O4S/c1-5-26(28(33)29-4)30(19-23-15-11-21(2)12-16-23)27(32)20-31(24-9-7-6-8-10-24)36(34,35)25-17-13-22(3)14-18-25/h6-18,26H,5,19-20H2,1-4H3,(H,29,33)/t26-/m0/s1. The Morgan fingerprint density at radius 2 is 1.42 bits per heavy atom. The van der Waals surface area contributed by atoms with E-state index in [1.165, 1.54) is 24.1 Å². The van der Waals surface area contributed by atoms with Crippen LogP contribution in [0.1, 0.15) is 30.0 Å². The van der Waals surface area contributed by atoms with Gasteiger partial charge in [0, 0.05) is 13.6 Å². The number of nitrogens with zero attached hydrogens (tertiary/aromatic N) is 2. The first-order chi connectivity index (χ1) is 17.2. The van der Waals surface area contributed by atoms with Crippen LogP contribution in [-0.2, 0) is 26.2 Å². The van der Waals surface area contributed by atoms with Crippen LogP contribution in [0.15, 0.2) is 83.8 Å². The van der Waals surface area contributed by atoms with E-state index < -0.39 is 28.5 Å². The molecule has 8 heteroatoms. The highest BCUT2D eigenvalue weighted by Crippen LogP contribution is 2.25. The third kappa shape index (κ3) is 6.31. The number of benzene rings is 3. The first-order valence-corrected chi connectivity index (χ1v) is 13.3. The van der Waals surface area contributed by atoms with E-state index in [0.29, 0.717) is 12.1 Å². The van der Waals surface area contributed by atoms with Crippen molar-refractivity contribution in [1.29, 1.82) is 0 Å². The van der Waals surface area contributed by atoms with Gasteiger partial charge >= 0.3 is 0 Å². The molecule has 0 aliphatic carbocycles. The number of nitrogens with one attached hydrogen (secondary N) is 1. The SMILES string of the molecule is CC[C@@H](C(=O)NC)N(Cc1ccc(C)cc1)C(=O)CN(c1ccccc1)S(=O)(=O)c1ccc(C)cc1. The minimum Gasteiger partial charge on any atom is -0.357 e. The molecule has 36 heavy (non-hydrogen) atoms. The number of amides is 2. The highest BCUT2D eigenvalue weighted by Gasteiger charge is 2.33. The van der Waals surface area contributed by atoms with Crippen molar-refractivity contribution >= 4 is 27.5 Å². The zero-order chi connectivity index (χ0) is 26.3. The molecule has 3 aromatic carbocycles. The lowest BCUT2D eigenvalue weighted by Gasteiger charge is -2.33. The molecule has 3 rings (SSSR count). The lowest BCUT2D eigenvalue weighted by molar-refractivity contribution is -0.140. The van der Waals surface area contributed by atoms with Gasteiger partial charge in [-0.15, -0.1) is 0 Å². The second kappa shape index (κ2) is 11.9. The first kappa shape index (κ1) is 26.9. The molecule has 0 saturated heterocycles. The number of hydrogen-bond donors (Lipinski definition) is 1. The predicted molar refractivity (Wildman–Crippen MR) is 142 cm³/mol. The number of anilines is 1. The fraction of sp³-hybridized carbons (Fsp3) is 0.286. The third-order valence-electron chi connectivity index (χ3n) is 6.04. The number of hydrogen-bond acceptors (Lipinski definition) is 4. The molecule has 0 fully saturated rings. The first-order valence-electron chi connectivity index (χ1n) is 11.9. The van der Waals surface area contributed by atoms with Crippen molar-refractivity contribution in [1.82, 2.24) is 10.2 Å². The number of carbonyl (C=O) groups is 2. The summed E-state index contributed by atoms with van der Waals surface area (Å²) in [4.78, 5) is 28.0. The molecule has 2 amide bonds. The van der Waals surface area contributed by atoms with Gasteiger partial charge in [0.2, 0.25) is 11.8 Å². The van der Waals surface area contributed by atoms with Crippen LogP contribution in [0.2, 0.25) is 0 Å². The smallest absolute Gasteiger partial charge is 0.264 e. The lowest BCUT2D eigenvalue weighted by atomic mass is 10.1. The Kier molecular flexibility index (Phi) is 8.88. The minimum atomic E-state index is -4.05. The summed E-state index contributed by atoms with van der Waals surface area (Å²) >= 11 is 0. The molecule has 0 heterocycles. The molecule has 1 atom stereocenters. The summed E-state index contributed by atoms with van der Waals surface area (Å²) in [5.41, 5.74) is 3.23. The van der Waals surface area contributed by atoms with Gasteiger partial charge in [-0.2, -0.15) is 0 Å². The average molecular weight is 508 g/mol. The Bertz CT molecular complexity index is 1270. The normalized spacial score (nSPS) is 12.0. The lowest BCUT2D eigenvalue weighted by Crippen LogP contribution is -2.51. The van der Waals surface area contributed by atoms with Gasteiger partial charge < -0.3 is 10.2 Å². The van der Waals surface area contributed by atoms with E-state index in [-0.39, 0.29) is 17.3 Å². The van der Waals surface area contributed by atoms with Gasteiger partial charge in [0.05, 0.1) is 10.6 Å². The summed E-state index contributed by atoms with van der Waals surface area (Å²) in [6.45, 7) is 5.41. The molecule has 0 bridgehead atoms. The fourth-order valence-corrected chi connectivity index (χ4v) is 5.35. The number of sulfonamides is 1. The predicted octanol–water partition coefficient (Wildman–Crippen LogP) is 4.05. The number of para-hydroxylation sites is 1. The van der Waals surface area contributed by atoms with E-state index in [2.05, 4.69) is 5.32 Å². The highest BCUT2D eigenvalue weighted by molar-refractivity contribution is 7.92. The Morgan fingerprint density at radius 1 is 0.861 bits per heavy atom. The molecular weight excluding hydrogens is 474 g/mol. The molecule has 3 aromatic rings. The summed E-state index contributed by atoms with van der Waals surface area (Å²) in [6.07, 6.45) is 0.382. The van der Waals surface area contributed by atoms with Gasteiger partial charge in [-0.25, -0.2) is 8.42 Å². The number of likely N-dealkylation sites (N-methyl/N-ethyl adjacent to an activating group) is 1. The summed E-state index contributed by atoms with van der Waals surface area (Å²) in [5.74, 6) is -0.767. The number of aryl methyl sites for hydroxylation is 2. The van der Waals surface area contributed by atoms with E-state index in [1.807, 2.05) is 45.0 Å². The Hall–Kier alpha value is -3.65. The van der Waals surface area contributed by atoms with Gasteiger partial charge in [-0.1, -0.05) is 72.6 Å². The van der Waals surface area contributed by atoms with Crippen molar-refractivity contribution in [3.05, 3.63) is 95.6 Å². The number of rotatable bonds is 10. The molecule has 1 N–H and O–H groups in total. The van der Waals surface area contributed by atoms with Crippen LogP contribution in [-0.4, -0.2) is 44.8 Å². The molecule has 0 spiro atoms. The van der Waals surface area contributed by atoms with Crippen LogP contribution in [0.25, 0.3) is 0 Å². The van der Waals surface area contributed by atoms with Crippen molar-refractivity contribution < 1.29 is 18.0 Å². The minimum absolute atomic E-state index is 0.0909.